The average Bonchev–Trinajstić information content (AvgIpc) is 2.15. The summed E-state index contributed by atoms with van der Waals surface area (Å²) in [6, 6.07) is 2.58. The van der Waals surface area contributed by atoms with Crippen LogP contribution < -0.4 is 0 Å². The highest BCUT2D eigenvalue weighted by molar-refractivity contribution is 7.80. The Labute approximate surface area is 111 Å². The first-order valence-corrected chi connectivity index (χ1v) is 5.39. The zero-order chi connectivity index (χ0) is 12.5. The molecule has 16 heavy (non-hydrogen) atoms. The molecule has 0 N–H and O–H groups in total. The summed E-state index contributed by atoms with van der Waals surface area (Å²) in [5.74, 6) is 0. The molecular weight excluding hydrogens is 295 g/mol. The Morgan fingerprint density at radius 2 is 1.38 bits per heavy atom. The van der Waals surface area contributed by atoms with Crippen LogP contribution in [-0.2, 0) is 0 Å². The first-order valence-electron chi connectivity index (χ1n) is 3.81. The minimum atomic E-state index is -0.996. The van der Waals surface area contributed by atoms with Gasteiger partial charge in [0.1, 0.15) is 0 Å². The number of hydrogen-bond acceptors (Lipinski definition) is 4. The van der Waals surface area contributed by atoms with Gasteiger partial charge in [-0.2, -0.15) is 0 Å². The fourth-order valence-electron chi connectivity index (χ4n) is 1.16. The molecule has 3 nitrogen and oxygen atoms in total. The molecule has 0 radical (unpaired) electrons. The van der Waals surface area contributed by atoms with Gasteiger partial charge in [0.15, 0.2) is 0 Å². The Morgan fingerprint density at radius 1 is 0.875 bits per heavy atom. The molecule has 0 bridgehead atoms. The number of carbonyl (C=O) groups is 3. The predicted octanol–water partition coefficient (Wildman–Crippen LogP) is 3.11. The lowest BCUT2D eigenvalue weighted by atomic mass is 10.0. The van der Waals surface area contributed by atoms with Gasteiger partial charge >= 0.3 is 0 Å². The Kier molecular flexibility index (Phi) is 4.38. The van der Waals surface area contributed by atoms with Gasteiger partial charge in [-0.1, -0.05) is 0 Å². The third-order valence-corrected chi connectivity index (χ3v) is 2.74. The molecule has 7 heteroatoms. The van der Waals surface area contributed by atoms with Crippen LogP contribution >= 0.6 is 47.4 Å². The summed E-state index contributed by atoms with van der Waals surface area (Å²) in [7, 11) is 0. The molecular formula is C9H3Cl3O3S. The first kappa shape index (κ1) is 13.5. The van der Waals surface area contributed by atoms with E-state index in [9.17, 15) is 14.4 Å². The monoisotopic (exact) mass is 296 g/mol. The van der Waals surface area contributed by atoms with Crippen LogP contribution in [0.25, 0.3) is 0 Å². The van der Waals surface area contributed by atoms with Crippen molar-refractivity contribution in [1.82, 2.24) is 0 Å². The highest BCUT2D eigenvalue weighted by atomic mass is 35.5. The average molecular weight is 298 g/mol. The van der Waals surface area contributed by atoms with E-state index in [0.29, 0.717) is 0 Å². The van der Waals surface area contributed by atoms with E-state index in [1.165, 1.54) is 12.1 Å². The minimum Gasteiger partial charge on any atom is -0.276 e. The molecule has 0 saturated carbocycles. The Balaban J connectivity index is 3.70. The van der Waals surface area contributed by atoms with E-state index >= 15 is 0 Å². The van der Waals surface area contributed by atoms with E-state index in [1.54, 1.807) is 0 Å². The SMILES string of the molecule is O=C(Cl)c1ccc(S)c(C(=O)Cl)c1C(=O)Cl. The number of rotatable bonds is 3. The minimum absolute atomic E-state index is 0.144. The number of benzene rings is 1. The second-order valence-electron chi connectivity index (χ2n) is 2.70. The van der Waals surface area contributed by atoms with Gasteiger partial charge in [0.05, 0.1) is 11.1 Å². The molecule has 0 atom stereocenters. The van der Waals surface area contributed by atoms with Crippen molar-refractivity contribution < 1.29 is 14.4 Å². The summed E-state index contributed by atoms with van der Waals surface area (Å²) in [6.07, 6.45) is 0. The molecule has 0 aliphatic heterocycles. The van der Waals surface area contributed by atoms with Crippen LogP contribution in [-0.4, -0.2) is 15.7 Å². The summed E-state index contributed by atoms with van der Waals surface area (Å²) in [5, 5.41) is -2.84. The molecule has 0 spiro atoms. The lowest BCUT2D eigenvalue weighted by Gasteiger charge is -2.08. The molecule has 0 fully saturated rings. The fourth-order valence-corrected chi connectivity index (χ4v) is 2.06. The van der Waals surface area contributed by atoms with E-state index in [2.05, 4.69) is 12.6 Å². The lowest BCUT2D eigenvalue weighted by molar-refractivity contribution is 0.103. The summed E-state index contributed by atoms with van der Waals surface area (Å²) < 4.78 is 0. The van der Waals surface area contributed by atoms with Crippen molar-refractivity contribution in [2.75, 3.05) is 0 Å². The Bertz CT molecular complexity index is 499. The molecule has 1 aromatic rings. The van der Waals surface area contributed by atoms with Crippen LogP contribution in [0.3, 0.4) is 0 Å². The number of thiol groups is 1. The van der Waals surface area contributed by atoms with Crippen LogP contribution in [0, 0.1) is 0 Å². The molecule has 0 aliphatic rings. The van der Waals surface area contributed by atoms with E-state index in [1.807, 2.05) is 0 Å². The molecule has 0 unspecified atom stereocenters. The molecule has 0 aliphatic carbocycles. The predicted molar refractivity (Wildman–Crippen MR) is 64.2 cm³/mol. The normalized spacial score (nSPS) is 10.0. The standard InChI is InChI=1S/C9H3Cl3O3S/c10-7(13)3-1-2-4(16)6(9(12)15)5(3)8(11)14/h1-2,16H. The fraction of sp³-hybridized carbons (Fsp3) is 0. The van der Waals surface area contributed by atoms with Crippen molar-refractivity contribution in [3.63, 3.8) is 0 Å². The van der Waals surface area contributed by atoms with Crippen LogP contribution in [0.2, 0.25) is 0 Å². The van der Waals surface area contributed by atoms with Gasteiger partial charge in [-0.25, -0.2) is 0 Å². The zero-order valence-corrected chi connectivity index (χ0v) is 10.6. The summed E-state index contributed by atoms with van der Waals surface area (Å²) in [5.41, 5.74) is -0.728. The largest absolute Gasteiger partial charge is 0.276 e. The van der Waals surface area contributed by atoms with E-state index in [0.717, 1.165) is 0 Å². The molecule has 0 saturated heterocycles. The van der Waals surface area contributed by atoms with E-state index in [-0.39, 0.29) is 21.6 Å². The van der Waals surface area contributed by atoms with Gasteiger partial charge in [0.25, 0.3) is 15.7 Å². The van der Waals surface area contributed by atoms with E-state index in [4.69, 9.17) is 34.8 Å². The van der Waals surface area contributed by atoms with E-state index < -0.39 is 15.7 Å². The molecule has 0 heterocycles. The van der Waals surface area contributed by atoms with Crippen molar-refractivity contribution in [2.45, 2.75) is 4.90 Å². The molecule has 0 amide bonds. The Morgan fingerprint density at radius 3 is 1.75 bits per heavy atom. The lowest BCUT2D eigenvalue weighted by Crippen LogP contribution is -2.09. The van der Waals surface area contributed by atoms with Crippen molar-refractivity contribution in [1.29, 1.82) is 0 Å². The topological polar surface area (TPSA) is 51.2 Å². The van der Waals surface area contributed by atoms with Gasteiger partial charge in [0, 0.05) is 10.5 Å². The number of hydrogen-bond donors (Lipinski definition) is 1. The molecule has 1 aromatic carbocycles. The second kappa shape index (κ2) is 5.19. The maximum absolute atomic E-state index is 11.2. The summed E-state index contributed by atoms with van der Waals surface area (Å²) >= 11 is 19.8. The summed E-state index contributed by atoms with van der Waals surface area (Å²) in [6.45, 7) is 0. The molecule has 84 valence electrons. The number of halogens is 3. The number of carbonyl (C=O) groups excluding carboxylic acids is 3. The van der Waals surface area contributed by atoms with Crippen molar-refractivity contribution in [3.8, 4) is 0 Å². The van der Waals surface area contributed by atoms with Crippen molar-refractivity contribution >= 4 is 63.2 Å². The van der Waals surface area contributed by atoms with Crippen LogP contribution in [0.15, 0.2) is 17.0 Å². The van der Waals surface area contributed by atoms with Crippen LogP contribution in [0.1, 0.15) is 31.1 Å². The third-order valence-electron chi connectivity index (χ3n) is 1.79. The quantitative estimate of drug-likeness (QED) is 0.689. The Hall–Kier alpha value is -0.550. The zero-order valence-electron chi connectivity index (χ0n) is 7.46. The van der Waals surface area contributed by atoms with Gasteiger partial charge in [-0.05, 0) is 46.9 Å². The van der Waals surface area contributed by atoms with Gasteiger partial charge < -0.3 is 0 Å². The van der Waals surface area contributed by atoms with Gasteiger partial charge in [0.2, 0.25) is 0 Å². The van der Waals surface area contributed by atoms with Crippen molar-refractivity contribution in [3.05, 3.63) is 28.8 Å². The van der Waals surface area contributed by atoms with Crippen molar-refractivity contribution in [2.24, 2.45) is 0 Å². The smallest absolute Gasteiger partial charge is 0.254 e. The maximum Gasteiger partial charge on any atom is 0.254 e. The highest BCUT2D eigenvalue weighted by Gasteiger charge is 2.23. The third kappa shape index (κ3) is 2.58. The first-order chi connectivity index (χ1) is 7.36. The van der Waals surface area contributed by atoms with Crippen LogP contribution in [0.5, 0.6) is 0 Å². The molecule has 0 aromatic heterocycles. The van der Waals surface area contributed by atoms with Crippen LogP contribution in [0.4, 0.5) is 0 Å². The van der Waals surface area contributed by atoms with Gasteiger partial charge in [-0.3, -0.25) is 14.4 Å². The highest BCUT2D eigenvalue weighted by Crippen LogP contribution is 2.26. The maximum atomic E-state index is 11.2. The molecule has 1 rings (SSSR count). The van der Waals surface area contributed by atoms with Gasteiger partial charge in [-0.15, -0.1) is 12.6 Å². The summed E-state index contributed by atoms with van der Waals surface area (Å²) in [4.78, 5) is 33.5. The second-order valence-corrected chi connectivity index (χ2v) is 4.22.